The molecule has 9 heteroatoms. The van der Waals surface area contributed by atoms with Gasteiger partial charge in [0.2, 0.25) is 10.0 Å². The minimum absolute atomic E-state index is 0.0813. The Morgan fingerprint density at radius 2 is 1.62 bits per heavy atom. The minimum atomic E-state index is -3.84. The van der Waals surface area contributed by atoms with Crippen molar-refractivity contribution in [2.24, 2.45) is 0 Å². The molecule has 29 heavy (non-hydrogen) atoms. The molecule has 0 spiro atoms. The van der Waals surface area contributed by atoms with Gasteiger partial charge in [0.05, 0.1) is 10.0 Å². The van der Waals surface area contributed by atoms with Crippen LogP contribution in [0.15, 0.2) is 41.3 Å². The number of benzene rings is 2. The van der Waals surface area contributed by atoms with E-state index in [4.69, 9.17) is 27.9 Å². The quantitative estimate of drug-likeness (QED) is 0.689. The summed E-state index contributed by atoms with van der Waals surface area (Å²) in [4.78, 5) is 14.0. The van der Waals surface area contributed by atoms with Crippen molar-refractivity contribution in [3.05, 3.63) is 57.6 Å². The summed E-state index contributed by atoms with van der Waals surface area (Å²) in [6.07, 6.45) is 0. The number of ether oxygens (including phenoxy) is 1. The predicted molar refractivity (Wildman–Crippen MR) is 113 cm³/mol. The molecule has 0 N–H and O–H groups in total. The van der Waals surface area contributed by atoms with E-state index >= 15 is 0 Å². The second-order valence-corrected chi connectivity index (χ2v) is 9.56. The number of piperazine rings is 1. The average Bonchev–Trinajstić information content (AvgIpc) is 2.68. The highest BCUT2D eigenvalue weighted by atomic mass is 35.5. The van der Waals surface area contributed by atoms with Crippen molar-refractivity contribution < 1.29 is 17.9 Å². The van der Waals surface area contributed by atoms with E-state index in [-0.39, 0.29) is 53.6 Å². The molecule has 0 unspecified atom stereocenters. The van der Waals surface area contributed by atoms with Crippen molar-refractivity contribution in [3.8, 4) is 5.75 Å². The number of carbonyl (C=O) groups excluding carboxylic acids is 1. The standard InChI is InChI=1S/C20H22Cl2N2O4S/c1-14-6-7-16(12-15(14)2)28-13-19(25)23-8-10-24(11-9-23)29(26,27)20-17(21)4-3-5-18(20)22/h3-7,12H,8-11,13H2,1-2H3. The molecule has 2 aromatic carbocycles. The molecule has 0 aromatic heterocycles. The maximum atomic E-state index is 12.9. The van der Waals surface area contributed by atoms with Crippen LogP contribution in [0.3, 0.4) is 0 Å². The van der Waals surface area contributed by atoms with Gasteiger partial charge in [0.15, 0.2) is 6.61 Å². The third-order valence-electron chi connectivity index (χ3n) is 4.95. The Labute approximate surface area is 181 Å². The molecule has 1 saturated heterocycles. The van der Waals surface area contributed by atoms with Gasteiger partial charge < -0.3 is 9.64 Å². The number of carbonyl (C=O) groups is 1. The van der Waals surface area contributed by atoms with Crippen molar-refractivity contribution in [1.82, 2.24) is 9.21 Å². The molecule has 1 heterocycles. The van der Waals surface area contributed by atoms with Gasteiger partial charge >= 0.3 is 0 Å². The first-order valence-electron chi connectivity index (χ1n) is 9.12. The van der Waals surface area contributed by atoms with Crippen molar-refractivity contribution >= 4 is 39.1 Å². The summed E-state index contributed by atoms with van der Waals surface area (Å²) in [5.41, 5.74) is 2.24. The van der Waals surface area contributed by atoms with Gasteiger partial charge in [0.1, 0.15) is 10.6 Å². The first kappa shape index (κ1) is 21.9. The van der Waals surface area contributed by atoms with E-state index in [0.29, 0.717) is 5.75 Å². The number of aryl methyl sites for hydroxylation is 2. The molecular weight excluding hydrogens is 435 g/mol. The van der Waals surface area contributed by atoms with Crippen molar-refractivity contribution in [2.45, 2.75) is 18.7 Å². The Morgan fingerprint density at radius 1 is 1.00 bits per heavy atom. The van der Waals surface area contributed by atoms with Crippen LogP contribution in [0.4, 0.5) is 0 Å². The summed E-state index contributed by atoms with van der Waals surface area (Å²) in [5, 5.41) is 0.163. The maximum Gasteiger partial charge on any atom is 0.260 e. The summed E-state index contributed by atoms with van der Waals surface area (Å²) in [6, 6.07) is 10.2. The molecule has 1 aliphatic heterocycles. The van der Waals surface area contributed by atoms with Gasteiger partial charge in [-0.25, -0.2) is 8.42 Å². The molecule has 3 rings (SSSR count). The SMILES string of the molecule is Cc1ccc(OCC(=O)N2CCN(S(=O)(=O)c3c(Cl)cccc3Cl)CC2)cc1C. The zero-order chi connectivity index (χ0) is 21.2. The zero-order valence-electron chi connectivity index (χ0n) is 16.2. The third kappa shape index (κ3) is 4.86. The summed E-state index contributed by atoms with van der Waals surface area (Å²) in [6.45, 7) is 4.78. The number of hydrogen-bond donors (Lipinski definition) is 0. The second kappa shape index (κ2) is 8.92. The molecule has 1 amide bonds. The fourth-order valence-electron chi connectivity index (χ4n) is 3.08. The van der Waals surface area contributed by atoms with Crippen molar-refractivity contribution in [2.75, 3.05) is 32.8 Å². The second-order valence-electron chi connectivity index (χ2n) is 6.87. The Kier molecular flexibility index (Phi) is 6.73. The van der Waals surface area contributed by atoms with E-state index in [0.717, 1.165) is 11.1 Å². The molecule has 1 fully saturated rings. The molecule has 6 nitrogen and oxygen atoms in total. The Hall–Kier alpha value is -1.80. The van der Waals surface area contributed by atoms with Crippen LogP contribution in [0.5, 0.6) is 5.75 Å². The molecule has 0 atom stereocenters. The molecule has 0 bridgehead atoms. The van der Waals surface area contributed by atoms with E-state index in [2.05, 4.69) is 0 Å². The van der Waals surface area contributed by atoms with Crippen LogP contribution in [0, 0.1) is 13.8 Å². The first-order valence-corrected chi connectivity index (χ1v) is 11.3. The van der Waals surface area contributed by atoms with Crippen LogP contribution in [0.25, 0.3) is 0 Å². The van der Waals surface area contributed by atoms with Crippen molar-refractivity contribution in [3.63, 3.8) is 0 Å². The minimum Gasteiger partial charge on any atom is -0.484 e. The van der Waals surface area contributed by atoms with Gasteiger partial charge in [-0.05, 0) is 49.2 Å². The number of amides is 1. The lowest BCUT2D eigenvalue weighted by Crippen LogP contribution is -2.51. The molecule has 0 saturated carbocycles. The number of nitrogens with zero attached hydrogens (tertiary/aromatic N) is 2. The van der Waals surface area contributed by atoms with Gasteiger partial charge in [-0.15, -0.1) is 0 Å². The highest BCUT2D eigenvalue weighted by Crippen LogP contribution is 2.31. The van der Waals surface area contributed by atoms with Crippen LogP contribution in [-0.2, 0) is 14.8 Å². The smallest absolute Gasteiger partial charge is 0.260 e. The summed E-state index contributed by atoms with van der Waals surface area (Å²) in [7, 11) is -3.84. The summed E-state index contributed by atoms with van der Waals surface area (Å²) < 4.78 is 32.7. The average molecular weight is 457 g/mol. The molecule has 2 aromatic rings. The van der Waals surface area contributed by atoms with Crippen molar-refractivity contribution in [1.29, 1.82) is 0 Å². The lowest BCUT2D eigenvalue weighted by molar-refractivity contribution is -0.134. The van der Waals surface area contributed by atoms with Crippen LogP contribution < -0.4 is 4.74 Å². The van der Waals surface area contributed by atoms with Crippen LogP contribution in [0.1, 0.15) is 11.1 Å². The fraction of sp³-hybridized carbons (Fsp3) is 0.350. The largest absolute Gasteiger partial charge is 0.484 e. The highest BCUT2D eigenvalue weighted by molar-refractivity contribution is 7.89. The van der Waals surface area contributed by atoms with Gasteiger partial charge in [-0.2, -0.15) is 4.31 Å². The van der Waals surface area contributed by atoms with E-state index < -0.39 is 10.0 Å². The van der Waals surface area contributed by atoms with Gasteiger partial charge in [0, 0.05) is 26.2 Å². The van der Waals surface area contributed by atoms with Gasteiger partial charge in [0.25, 0.3) is 5.91 Å². The van der Waals surface area contributed by atoms with Gasteiger partial charge in [-0.1, -0.05) is 35.3 Å². The maximum absolute atomic E-state index is 12.9. The van der Waals surface area contributed by atoms with E-state index in [1.807, 2.05) is 32.0 Å². The lowest BCUT2D eigenvalue weighted by Gasteiger charge is -2.34. The van der Waals surface area contributed by atoms with E-state index in [1.54, 1.807) is 11.0 Å². The lowest BCUT2D eigenvalue weighted by atomic mass is 10.1. The topological polar surface area (TPSA) is 66.9 Å². The Bertz CT molecular complexity index is 999. The number of halogens is 2. The molecule has 0 radical (unpaired) electrons. The van der Waals surface area contributed by atoms with Crippen LogP contribution >= 0.6 is 23.2 Å². The monoisotopic (exact) mass is 456 g/mol. The summed E-state index contributed by atoms with van der Waals surface area (Å²) >= 11 is 12.1. The van der Waals surface area contributed by atoms with Crippen LogP contribution in [0.2, 0.25) is 10.0 Å². The summed E-state index contributed by atoms with van der Waals surface area (Å²) in [5.74, 6) is 0.451. The Morgan fingerprint density at radius 3 is 2.21 bits per heavy atom. The molecule has 1 aliphatic rings. The number of sulfonamides is 1. The highest BCUT2D eigenvalue weighted by Gasteiger charge is 2.33. The fourth-order valence-corrected chi connectivity index (χ4v) is 5.59. The molecule has 156 valence electrons. The molecular formula is C20H22Cl2N2O4S. The number of hydrogen-bond acceptors (Lipinski definition) is 4. The number of rotatable bonds is 5. The zero-order valence-corrected chi connectivity index (χ0v) is 18.5. The molecule has 0 aliphatic carbocycles. The van der Waals surface area contributed by atoms with Crippen LogP contribution in [-0.4, -0.2) is 56.3 Å². The first-order chi connectivity index (χ1) is 13.7. The van der Waals surface area contributed by atoms with E-state index in [9.17, 15) is 13.2 Å². The predicted octanol–water partition coefficient (Wildman–Crippen LogP) is 3.52. The Balaban J connectivity index is 1.59. The normalized spacial score (nSPS) is 15.4. The van der Waals surface area contributed by atoms with E-state index in [1.165, 1.54) is 16.4 Å². The third-order valence-corrected chi connectivity index (χ3v) is 7.80. The van der Waals surface area contributed by atoms with Gasteiger partial charge in [-0.3, -0.25) is 4.79 Å².